The fraction of sp³-hybridized carbons (Fsp3) is 0.281. The summed E-state index contributed by atoms with van der Waals surface area (Å²) in [5, 5.41) is 14.4. The van der Waals surface area contributed by atoms with E-state index >= 15 is 0 Å². The Bertz CT molecular complexity index is 1580. The number of halogens is 1. The number of thiocarbonyl (C=S) groups is 1. The Kier molecular flexibility index (Phi) is 7.45. The number of rotatable bonds is 6. The molecule has 210 valence electrons. The van der Waals surface area contributed by atoms with E-state index in [2.05, 4.69) is 46.1 Å². The van der Waals surface area contributed by atoms with Crippen molar-refractivity contribution < 1.29 is 9.90 Å². The fourth-order valence-corrected chi connectivity index (χ4v) is 6.99. The average Bonchev–Trinajstić information content (AvgIpc) is 3.57. The number of anilines is 2. The predicted molar refractivity (Wildman–Crippen MR) is 167 cm³/mol. The first-order chi connectivity index (χ1) is 19.8. The SMILES string of the molecule is C[C@@H]1C[C@H](C)CN(c2ccc(N3C(=S)N[C@H](c4ccccn4)[C@H]3c3cccn3-c3cccc(C(=O)O)c3)cc2Cl)C1. The summed E-state index contributed by atoms with van der Waals surface area (Å²) < 4.78 is 2.02. The zero-order valence-electron chi connectivity index (χ0n) is 22.9. The zero-order chi connectivity index (χ0) is 28.7. The minimum atomic E-state index is -0.968. The van der Waals surface area contributed by atoms with E-state index in [9.17, 15) is 9.90 Å². The maximum atomic E-state index is 11.7. The summed E-state index contributed by atoms with van der Waals surface area (Å²) >= 11 is 12.9. The van der Waals surface area contributed by atoms with Gasteiger partial charge in [0, 0.05) is 42.6 Å². The van der Waals surface area contributed by atoms with Crippen LogP contribution in [0.5, 0.6) is 0 Å². The molecule has 2 saturated heterocycles. The second-order valence-electron chi connectivity index (χ2n) is 11.1. The third kappa shape index (κ3) is 5.29. The maximum Gasteiger partial charge on any atom is 0.335 e. The first-order valence-electron chi connectivity index (χ1n) is 13.9. The van der Waals surface area contributed by atoms with Crippen LogP contribution in [0.15, 0.2) is 85.2 Å². The molecule has 0 saturated carbocycles. The third-order valence-electron chi connectivity index (χ3n) is 7.97. The highest BCUT2D eigenvalue weighted by Crippen LogP contribution is 2.44. The van der Waals surface area contributed by atoms with Crippen LogP contribution in [0, 0.1) is 11.8 Å². The largest absolute Gasteiger partial charge is 0.478 e. The predicted octanol–water partition coefficient (Wildman–Crippen LogP) is 6.88. The first-order valence-corrected chi connectivity index (χ1v) is 14.6. The Morgan fingerprint density at radius 1 is 1.00 bits per heavy atom. The quantitative estimate of drug-likeness (QED) is 0.239. The first kappa shape index (κ1) is 27.3. The van der Waals surface area contributed by atoms with Crippen LogP contribution in [-0.2, 0) is 0 Å². The highest BCUT2D eigenvalue weighted by molar-refractivity contribution is 7.80. The molecule has 6 rings (SSSR count). The van der Waals surface area contributed by atoms with Gasteiger partial charge < -0.3 is 24.8 Å². The van der Waals surface area contributed by atoms with E-state index in [0.717, 1.165) is 41.5 Å². The fourth-order valence-electron chi connectivity index (χ4n) is 6.35. The normalized spacial score (nSPS) is 22.6. The molecule has 0 amide bonds. The molecule has 7 nitrogen and oxygen atoms in total. The Hall–Kier alpha value is -3.88. The molecule has 0 aliphatic carbocycles. The van der Waals surface area contributed by atoms with Crippen molar-refractivity contribution in [2.45, 2.75) is 32.4 Å². The van der Waals surface area contributed by atoms with Gasteiger partial charge in [0.15, 0.2) is 5.11 Å². The summed E-state index contributed by atoms with van der Waals surface area (Å²) in [5.41, 5.74) is 4.69. The van der Waals surface area contributed by atoms with Gasteiger partial charge in [-0.2, -0.15) is 0 Å². The van der Waals surface area contributed by atoms with Gasteiger partial charge in [-0.3, -0.25) is 4.98 Å². The molecule has 2 aliphatic heterocycles. The van der Waals surface area contributed by atoms with E-state index in [1.165, 1.54) is 6.42 Å². The lowest BCUT2D eigenvalue weighted by Crippen LogP contribution is -2.38. The van der Waals surface area contributed by atoms with Gasteiger partial charge in [0.2, 0.25) is 0 Å². The summed E-state index contributed by atoms with van der Waals surface area (Å²) in [6, 6.07) is 22.5. The van der Waals surface area contributed by atoms with Crippen LogP contribution >= 0.6 is 23.8 Å². The number of carboxylic acids is 1. The molecular weight excluding hydrogens is 554 g/mol. The number of hydrogen-bond donors (Lipinski definition) is 2. The van der Waals surface area contributed by atoms with Crippen LogP contribution in [-0.4, -0.2) is 38.8 Å². The Labute approximate surface area is 250 Å². The molecule has 41 heavy (non-hydrogen) atoms. The highest BCUT2D eigenvalue weighted by Gasteiger charge is 2.42. The molecule has 4 aromatic rings. The number of nitrogens with one attached hydrogen (secondary N) is 1. The van der Waals surface area contributed by atoms with Gasteiger partial charge in [0.05, 0.1) is 28.0 Å². The number of nitrogens with zero attached hydrogens (tertiary/aromatic N) is 4. The number of pyridine rings is 1. The molecule has 9 heteroatoms. The van der Waals surface area contributed by atoms with E-state index in [1.54, 1.807) is 24.4 Å². The van der Waals surface area contributed by atoms with Crippen LogP contribution in [0.25, 0.3) is 5.69 Å². The van der Waals surface area contributed by atoms with Gasteiger partial charge in [-0.15, -0.1) is 0 Å². The lowest BCUT2D eigenvalue weighted by Gasteiger charge is -2.37. The lowest BCUT2D eigenvalue weighted by molar-refractivity contribution is 0.0697. The van der Waals surface area contributed by atoms with Crippen molar-refractivity contribution >= 4 is 46.3 Å². The smallest absolute Gasteiger partial charge is 0.335 e. The van der Waals surface area contributed by atoms with Crippen molar-refractivity contribution in [3.63, 3.8) is 0 Å². The van der Waals surface area contributed by atoms with Crippen molar-refractivity contribution in [3.8, 4) is 5.69 Å². The summed E-state index contributed by atoms with van der Waals surface area (Å²) in [6.45, 7) is 6.56. The lowest BCUT2D eigenvalue weighted by atomic mass is 9.91. The molecule has 2 fully saturated rings. The van der Waals surface area contributed by atoms with Crippen LogP contribution in [0.4, 0.5) is 11.4 Å². The third-order valence-corrected chi connectivity index (χ3v) is 8.59. The van der Waals surface area contributed by atoms with Gasteiger partial charge in [-0.25, -0.2) is 4.79 Å². The van der Waals surface area contributed by atoms with Crippen molar-refractivity contribution in [2.75, 3.05) is 22.9 Å². The van der Waals surface area contributed by atoms with Gasteiger partial charge in [0.25, 0.3) is 0 Å². The number of carboxylic acid groups (broad SMARTS) is 1. The van der Waals surface area contributed by atoms with Crippen LogP contribution in [0.3, 0.4) is 0 Å². The van der Waals surface area contributed by atoms with E-state index in [4.69, 9.17) is 23.8 Å². The molecule has 2 aromatic carbocycles. The average molecular weight is 586 g/mol. The van der Waals surface area contributed by atoms with Crippen molar-refractivity contribution in [1.29, 1.82) is 0 Å². The van der Waals surface area contributed by atoms with E-state index < -0.39 is 5.97 Å². The molecule has 0 spiro atoms. The maximum absolute atomic E-state index is 11.7. The summed E-state index contributed by atoms with van der Waals surface area (Å²) in [7, 11) is 0. The second kappa shape index (κ2) is 11.2. The van der Waals surface area contributed by atoms with Crippen molar-refractivity contribution in [3.05, 3.63) is 107 Å². The molecule has 2 N–H and O–H groups in total. The van der Waals surface area contributed by atoms with Crippen molar-refractivity contribution in [2.24, 2.45) is 11.8 Å². The molecule has 4 heterocycles. The Morgan fingerprint density at radius 2 is 1.80 bits per heavy atom. The minimum Gasteiger partial charge on any atom is -0.478 e. The topological polar surface area (TPSA) is 73.6 Å². The number of hydrogen-bond acceptors (Lipinski definition) is 4. The van der Waals surface area contributed by atoms with Crippen LogP contribution < -0.4 is 15.1 Å². The number of carbonyl (C=O) groups is 1. The molecule has 2 aliphatic rings. The highest BCUT2D eigenvalue weighted by atomic mass is 35.5. The molecule has 0 radical (unpaired) electrons. The van der Waals surface area contributed by atoms with Gasteiger partial charge in [-0.1, -0.05) is 37.6 Å². The summed E-state index contributed by atoms with van der Waals surface area (Å²) in [4.78, 5) is 20.9. The number of piperidine rings is 1. The molecular formula is C32H32ClN5O2S. The van der Waals surface area contributed by atoms with E-state index in [0.29, 0.717) is 22.0 Å². The van der Waals surface area contributed by atoms with Crippen LogP contribution in [0.2, 0.25) is 5.02 Å². The van der Waals surface area contributed by atoms with Crippen LogP contribution in [0.1, 0.15) is 54.1 Å². The number of aromatic nitrogens is 2. The zero-order valence-corrected chi connectivity index (χ0v) is 24.5. The van der Waals surface area contributed by atoms with E-state index in [1.807, 2.05) is 53.2 Å². The number of benzene rings is 2. The van der Waals surface area contributed by atoms with E-state index in [-0.39, 0.29) is 17.6 Å². The molecule has 0 bridgehead atoms. The minimum absolute atomic E-state index is 0.226. The van der Waals surface area contributed by atoms with Gasteiger partial charge >= 0.3 is 5.97 Å². The summed E-state index contributed by atoms with van der Waals surface area (Å²) in [6.07, 6.45) is 4.95. The van der Waals surface area contributed by atoms with Gasteiger partial charge in [0.1, 0.15) is 6.04 Å². The molecule has 4 atom stereocenters. The standard InChI is InChI=1S/C32H32ClN5O2S/c1-20-15-21(2)19-36(18-20)27-12-11-24(17-25(27)33)38-30(29(35-32(38)41)26-9-3-4-13-34-26)28-10-6-14-37(28)23-8-5-7-22(16-23)31(39)40/h3-14,16-17,20-21,29-30H,15,18-19H2,1-2H3,(H,35,41)(H,39,40)/t20-,21+,29-,30-/m1/s1. The van der Waals surface area contributed by atoms with Gasteiger partial charge in [-0.05, 0) is 91.1 Å². The molecule has 0 unspecified atom stereocenters. The Balaban J connectivity index is 1.43. The monoisotopic (exact) mass is 585 g/mol. The number of aromatic carboxylic acids is 1. The summed E-state index contributed by atoms with van der Waals surface area (Å²) in [5.74, 6) is 0.256. The second-order valence-corrected chi connectivity index (χ2v) is 11.9. The van der Waals surface area contributed by atoms with Crippen molar-refractivity contribution in [1.82, 2.24) is 14.9 Å². The molecule has 2 aromatic heterocycles. The Morgan fingerprint density at radius 3 is 2.51 bits per heavy atom.